The summed E-state index contributed by atoms with van der Waals surface area (Å²) >= 11 is 0. The lowest BCUT2D eigenvalue weighted by Gasteiger charge is -2.16. The van der Waals surface area contributed by atoms with Gasteiger partial charge in [-0.05, 0) is 36.8 Å². The van der Waals surface area contributed by atoms with Gasteiger partial charge in [0.2, 0.25) is 0 Å². The first-order valence-electron chi connectivity index (χ1n) is 9.67. The summed E-state index contributed by atoms with van der Waals surface area (Å²) in [5, 5.41) is 10.2. The van der Waals surface area contributed by atoms with E-state index in [1.165, 1.54) is 11.1 Å². The standard InChI is InChI=1S/C25H21N3O/c1-17-11-12-23-21(13-17)25-22(24(26-27-25)19-8-4-3-5-9-19)16-28(23)15-18-7-6-10-20(14-18)29-2/h3-14,16H,15H2,1-2H3. The van der Waals surface area contributed by atoms with Crippen LogP contribution < -0.4 is 4.74 Å². The molecule has 142 valence electrons. The maximum atomic E-state index is 5.40. The molecule has 3 aromatic carbocycles. The average Bonchev–Trinajstić information content (AvgIpc) is 3.18. The third-order valence-electron chi connectivity index (χ3n) is 5.30. The van der Waals surface area contributed by atoms with Crippen LogP contribution in [0.25, 0.3) is 33.4 Å². The van der Waals surface area contributed by atoms with Crippen molar-refractivity contribution in [3.8, 4) is 28.3 Å². The molecular formula is C25H21N3O. The number of aryl methyl sites for hydroxylation is 1. The van der Waals surface area contributed by atoms with Crippen molar-refractivity contribution < 1.29 is 4.74 Å². The minimum atomic E-state index is 0.742. The number of aromatic nitrogens is 3. The molecule has 0 spiro atoms. The van der Waals surface area contributed by atoms with E-state index < -0.39 is 0 Å². The van der Waals surface area contributed by atoms with Gasteiger partial charge < -0.3 is 9.30 Å². The van der Waals surface area contributed by atoms with Gasteiger partial charge in [-0.25, -0.2) is 0 Å². The number of fused-ring (bicyclic) bond motifs is 3. The molecule has 0 radical (unpaired) electrons. The monoisotopic (exact) mass is 379 g/mol. The predicted molar refractivity (Wildman–Crippen MR) is 116 cm³/mol. The smallest absolute Gasteiger partial charge is 0.119 e. The van der Waals surface area contributed by atoms with E-state index in [-0.39, 0.29) is 0 Å². The highest BCUT2D eigenvalue weighted by Gasteiger charge is 2.20. The Labute approximate surface area is 169 Å². The fraction of sp³-hybridized carbons (Fsp3) is 0.120. The highest BCUT2D eigenvalue weighted by molar-refractivity contribution is 5.98. The number of pyridine rings is 1. The summed E-state index contributed by atoms with van der Waals surface area (Å²) < 4.78 is 7.68. The number of benzene rings is 3. The second-order valence-corrected chi connectivity index (χ2v) is 7.31. The molecule has 0 N–H and O–H groups in total. The van der Waals surface area contributed by atoms with E-state index in [2.05, 4.69) is 70.3 Å². The molecule has 0 unspecified atom stereocenters. The van der Waals surface area contributed by atoms with Crippen molar-refractivity contribution in [3.63, 3.8) is 0 Å². The second-order valence-electron chi connectivity index (χ2n) is 7.31. The van der Waals surface area contributed by atoms with Crippen molar-refractivity contribution in [2.24, 2.45) is 0 Å². The zero-order chi connectivity index (χ0) is 19.8. The first-order valence-corrected chi connectivity index (χ1v) is 9.67. The molecule has 2 aliphatic rings. The molecule has 0 bridgehead atoms. The largest absolute Gasteiger partial charge is 0.497 e. The van der Waals surface area contributed by atoms with Crippen LogP contribution in [-0.2, 0) is 6.54 Å². The summed E-state index contributed by atoms with van der Waals surface area (Å²) in [6.45, 7) is 2.85. The number of methoxy groups -OCH3 is 1. The van der Waals surface area contributed by atoms with Gasteiger partial charge in [-0.1, -0.05) is 54.1 Å². The van der Waals surface area contributed by atoms with Crippen LogP contribution in [0.4, 0.5) is 0 Å². The topological polar surface area (TPSA) is 39.9 Å². The first kappa shape index (κ1) is 17.4. The second kappa shape index (κ2) is 7.06. The van der Waals surface area contributed by atoms with Crippen molar-refractivity contribution in [1.82, 2.24) is 14.8 Å². The van der Waals surface area contributed by atoms with E-state index >= 15 is 0 Å². The van der Waals surface area contributed by atoms with Gasteiger partial charge >= 0.3 is 0 Å². The average molecular weight is 379 g/mol. The van der Waals surface area contributed by atoms with Crippen LogP contribution in [0.1, 0.15) is 11.1 Å². The molecule has 4 heteroatoms. The van der Waals surface area contributed by atoms with Crippen molar-refractivity contribution in [1.29, 1.82) is 0 Å². The molecule has 0 atom stereocenters. The maximum Gasteiger partial charge on any atom is 0.119 e. The van der Waals surface area contributed by atoms with E-state index in [1.807, 2.05) is 30.3 Å². The van der Waals surface area contributed by atoms with Crippen LogP contribution in [0.2, 0.25) is 0 Å². The zero-order valence-corrected chi connectivity index (χ0v) is 16.5. The SMILES string of the molecule is COc1cccc(Cn2cc3c(-c4ccccc4)nnc-3c3cc(C)ccc32)c1. The van der Waals surface area contributed by atoms with Crippen LogP contribution in [0.3, 0.4) is 0 Å². The predicted octanol–water partition coefficient (Wildman–Crippen LogP) is 5.57. The normalized spacial score (nSPS) is 11.2. The third kappa shape index (κ3) is 3.13. The first-order chi connectivity index (χ1) is 14.2. The molecule has 2 aliphatic heterocycles. The minimum absolute atomic E-state index is 0.742. The van der Waals surface area contributed by atoms with Gasteiger partial charge in [0.05, 0.1) is 12.6 Å². The van der Waals surface area contributed by atoms with E-state index in [0.717, 1.165) is 45.7 Å². The third-order valence-corrected chi connectivity index (χ3v) is 5.30. The van der Waals surface area contributed by atoms with Gasteiger partial charge in [-0.3, -0.25) is 0 Å². The summed E-state index contributed by atoms with van der Waals surface area (Å²) in [6.07, 6.45) is 2.18. The number of hydrogen-bond acceptors (Lipinski definition) is 3. The molecule has 4 nitrogen and oxygen atoms in total. The lowest BCUT2D eigenvalue weighted by atomic mass is 10.0. The number of nitrogens with zero attached hydrogens (tertiary/aromatic N) is 3. The van der Waals surface area contributed by atoms with Crippen LogP contribution >= 0.6 is 0 Å². The lowest BCUT2D eigenvalue weighted by molar-refractivity contribution is 0.414. The van der Waals surface area contributed by atoms with Crippen LogP contribution in [0.15, 0.2) is 79.0 Å². The van der Waals surface area contributed by atoms with Crippen molar-refractivity contribution in [2.45, 2.75) is 13.5 Å². The van der Waals surface area contributed by atoms with E-state index in [9.17, 15) is 0 Å². The van der Waals surface area contributed by atoms with Gasteiger partial charge in [0.25, 0.3) is 0 Å². The molecule has 3 aromatic rings. The van der Waals surface area contributed by atoms with E-state index in [0.29, 0.717) is 0 Å². The quantitative estimate of drug-likeness (QED) is 0.410. The van der Waals surface area contributed by atoms with E-state index in [1.54, 1.807) is 7.11 Å². The van der Waals surface area contributed by atoms with Crippen LogP contribution in [0, 0.1) is 6.92 Å². The summed E-state index contributed by atoms with van der Waals surface area (Å²) in [6, 6.07) is 25.0. The Morgan fingerprint density at radius 1 is 0.862 bits per heavy atom. The minimum Gasteiger partial charge on any atom is -0.497 e. The van der Waals surface area contributed by atoms with Crippen LogP contribution in [0.5, 0.6) is 5.75 Å². The number of ether oxygens (including phenoxy) is 1. The molecule has 5 rings (SSSR count). The molecular weight excluding hydrogens is 358 g/mol. The molecule has 0 saturated carbocycles. The van der Waals surface area contributed by atoms with Crippen molar-refractivity contribution in [2.75, 3.05) is 7.11 Å². The fourth-order valence-corrected chi connectivity index (χ4v) is 3.86. The van der Waals surface area contributed by atoms with Gasteiger partial charge in [-0.2, -0.15) is 0 Å². The fourth-order valence-electron chi connectivity index (χ4n) is 3.86. The Morgan fingerprint density at radius 3 is 2.52 bits per heavy atom. The molecule has 29 heavy (non-hydrogen) atoms. The Morgan fingerprint density at radius 2 is 1.69 bits per heavy atom. The Bertz CT molecular complexity index is 1270. The van der Waals surface area contributed by atoms with Crippen molar-refractivity contribution in [3.05, 3.63) is 90.1 Å². The number of rotatable bonds is 4. The van der Waals surface area contributed by atoms with Crippen LogP contribution in [-0.4, -0.2) is 21.9 Å². The Hall–Kier alpha value is -3.66. The zero-order valence-electron chi connectivity index (χ0n) is 16.5. The summed E-state index contributed by atoms with van der Waals surface area (Å²) in [7, 11) is 1.70. The van der Waals surface area contributed by atoms with Gasteiger partial charge in [-0.15, -0.1) is 10.2 Å². The summed E-state index contributed by atoms with van der Waals surface area (Å²) in [5.74, 6) is 0.867. The van der Waals surface area contributed by atoms with Gasteiger partial charge in [0.15, 0.2) is 0 Å². The molecule has 0 saturated heterocycles. The van der Waals surface area contributed by atoms with Gasteiger partial charge in [0, 0.05) is 29.3 Å². The molecule has 0 amide bonds. The van der Waals surface area contributed by atoms with Crippen molar-refractivity contribution >= 4 is 10.9 Å². The highest BCUT2D eigenvalue weighted by Crippen LogP contribution is 2.37. The highest BCUT2D eigenvalue weighted by atomic mass is 16.5. The summed E-state index contributed by atoms with van der Waals surface area (Å²) in [5.41, 5.74) is 7.55. The Kier molecular flexibility index (Phi) is 4.24. The molecule has 0 aromatic heterocycles. The number of hydrogen-bond donors (Lipinski definition) is 0. The summed E-state index contributed by atoms with van der Waals surface area (Å²) in [4.78, 5) is 0. The lowest BCUT2D eigenvalue weighted by Crippen LogP contribution is -2.04. The molecule has 0 aliphatic carbocycles. The maximum absolute atomic E-state index is 5.40. The Balaban J connectivity index is 1.73. The molecule has 2 heterocycles. The van der Waals surface area contributed by atoms with E-state index in [4.69, 9.17) is 4.74 Å². The molecule has 0 fully saturated rings. The van der Waals surface area contributed by atoms with Gasteiger partial charge in [0.1, 0.15) is 17.1 Å².